The summed E-state index contributed by atoms with van der Waals surface area (Å²) in [6.45, 7) is 0. The molecular formula is C47H27N3. The molecule has 1 aliphatic rings. The van der Waals surface area contributed by atoms with E-state index < -0.39 is 0 Å². The van der Waals surface area contributed by atoms with Crippen molar-refractivity contribution in [2.75, 3.05) is 0 Å². The standard InChI is InChI=1S/C47H27N3/c1-2-11-30-26-31(22-21-28(30)10-1)50-41-20-6-4-15-37(41)44-46-43(38-18-9-25-48-45(38)47(44)50)36-14-3-5-19-40(36)49(46)32-23-24-33-34-16-7-12-29-13-8-17-35(42(29)34)39(33)27-32/h1-27H. The number of aromatic nitrogens is 3. The fourth-order valence-electron chi connectivity index (χ4n) is 9.02. The van der Waals surface area contributed by atoms with E-state index in [1.165, 1.54) is 81.9 Å². The van der Waals surface area contributed by atoms with E-state index >= 15 is 0 Å². The van der Waals surface area contributed by atoms with Gasteiger partial charge < -0.3 is 9.13 Å². The Morgan fingerprint density at radius 2 is 0.980 bits per heavy atom. The van der Waals surface area contributed by atoms with Crippen molar-refractivity contribution in [2.24, 2.45) is 0 Å². The smallest absolute Gasteiger partial charge is 0.0956 e. The summed E-state index contributed by atoms with van der Waals surface area (Å²) in [4.78, 5) is 5.15. The van der Waals surface area contributed by atoms with Gasteiger partial charge in [0.2, 0.25) is 0 Å². The Bertz CT molecular complexity index is 3260. The van der Waals surface area contributed by atoms with E-state index in [1.54, 1.807) is 0 Å². The number of hydrogen-bond acceptors (Lipinski definition) is 1. The van der Waals surface area contributed by atoms with Gasteiger partial charge in [0.25, 0.3) is 0 Å². The first-order valence-corrected chi connectivity index (χ1v) is 17.2. The normalized spacial score (nSPS) is 12.4. The van der Waals surface area contributed by atoms with Crippen LogP contribution in [0.25, 0.3) is 110 Å². The molecule has 0 saturated carbocycles. The second-order valence-electron chi connectivity index (χ2n) is 13.5. The van der Waals surface area contributed by atoms with Crippen molar-refractivity contribution in [2.45, 2.75) is 0 Å². The van der Waals surface area contributed by atoms with Crippen LogP contribution in [0, 0.1) is 0 Å². The summed E-state index contributed by atoms with van der Waals surface area (Å²) in [7, 11) is 0. The minimum atomic E-state index is 1.01. The fourth-order valence-corrected chi connectivity index (χ4v) is 9.02. The lowest BCUT2D eigenvalue weighted by atomic mass is 10.0. The molecule has 50 heavy (non-hydrogen) atoms. The molecule has 11 aromatic rings. The SMILES string of the molecule is c1ccc2cc(-n3c4ccccc4c4c3c3ncccc3c3c5ccccc5n(-c5ccc6c(c5)-c5cccc7cccc-6c57)c34)ccc2c1. The van der Waals surface area contributed by atoms with Gasteiger partial charge in [-0.2, -0.15) is 0 Å². The second kappa shape index (κ2) is 9.46. The molecule has 0 atom stereocenters. The summed E-state index contributed by atoms with van der Waals surface area (Å²) in [5.41, 5.74) is 13.2. The van der Waals surface area contributed by atoms with E-state index in [4.69, 9.17) is 4.98 Å². The minimum Gasteiger partial charge on any atom is -0.308 e. The molecule has 3 nitrogen and oxygen atoms in total. The van der Waals surface area contributed by atoms with E-state index in [2.05, 4.69) is 167 Å². The maximum Gasteiger partial charge on any atom is 0.0956 e. The number of pyridine rings is 1. The third kappa shape index (κ3) is 3.26. The summed E-state index contributed by atoms with van der Waals surface area (Å²) in [6, 6.07) is 57.9. The first-order valence-electron chi connectivity index (χ1n) is 17.2. The molecule has 3 heteroatoms. The zero-order chi connectivity index (χ0) is 32.5. The third-order valence-electron chi connectivity index (χ3n) is 11.0. The van der Waals surface area contributed by atoms with Gasteiger partial charge in [-0.3, -0.25) is 4.98 Å². The summed E-state index contributed by atoms with van der Waals surface area (Å²) in [6.07, 6.45) is 1.94. The molecule has 0 radical (unpaired) electrons. The summed E-state index contributed by atoms with van der Waals surface area (Å²) in [5, 5.41) is 11.2. The van der Waals surface area contributed by atoms with Gasteiger partial charge in [-0.25, -0.2) is 0 Å². The maximum absolute atomic E-state index is 5.15. The monoisotopic (exact) mass is 633 g/mol. The number of benzene rings is 8. The highest BCUT2D eigenvalue weighted by Crippen LogP contribution is 2.50. The van der Waals surface area contributed by atoms with Crippen molar-refractivity contribution in [3.05, 3.63) is 164 Å². The minimum absolute atomic E-state index is 1.01. The van der Waals surface area contributed by atoms with Crippen molar-refractivity contribution in [1.29, 1.82) is 0 Å². The average molecular weight is 634 g/mol. The molecule has 3 heterocycles. The molecule has 8 aromatic carbocycles. The van der Waals surface area contributed by atoms with E-state index in [9.17, 15) is 0 Å². The Hall–Kier alpha value is -6.71. The van der Waals surface area contributed by atoms with Crippen LogP contribution in [-0.4, -0.2) is 14.1 Å². The Morgan fingerprint density at radius 3 is 1.80 bits per heavy atom. The van der Waals surface area contributed by atoms with E-state index in [0.29, 0.717) is 0 Å². The predicted molar refractivity (Wildman–Crippen MR) is 210 cm³/mol. The van der Waals surface area contributed by atoms with Crippen molar-refractivity contribution >= 4 is 76.1 Å². The maximum atomic E-state index is 5.15. The average Bonchev–Trinajstić information content (AvgIpc) is 3.82. The Balaban J connectivity index is 1.28. The van der Waals surface area contributed by atoms with Crippen LogP contribution >= 0.6 is 0 Å². The molecule has 0 amide bonds. The zero-order valence-electron chi connectivity index (χ0n) is 26.9. The van der Waals surface area contributed by atoms with Gasteiger partial charge in [0.15, 0.2) is 0 Å². The Morgan fingerprint density at radius 1 is 0.360 bits per heavy atom. The van der Waals surface area contributed by atoms with Gasteiger partial charge in [0.1, 0.15) is 0 Å². The number of nitrogens with zero attached hydrogens (tertiary/aromatic N) is 3. The van der Waals surface area contributed by atoms with Crippen LogP contribution in [0.1, 0.15) is 0 Å². The first-order chi connectivity index (χ1) is 24.8. The second-order valence-corrected chi connectivity index (χ2v) is 13.5. The van der Waals surface area contributed by atoms with E-state index in [-0.39, 0.29) is 0 Å². The van der Waals surface area contributed by atoms with Gasteiger partial charge in [-0.05, 0) is 86.3 Å². The van der Waals surface area contributed by atoms with Crippen LogP contribution in [-0.2, 0) is 0 Å². The molecule has 0 saturated heterocycles. The van der Waals surface area contributed by atoms with Gasteiger partial charge in [0, 0.05) is 44.5 Å². The van der Waals surface area contributed by atoms with E-state index in [1.807, 2.05) is 6.20 Å². The Labute approximate surface area is 286 Å². The quantitative estimate of drug-likeness (QED) is 0.186. The van der Waals surface area contributed by atoms with Crippen molar-refractivity contribution < 1.29 is 0 Å². The molecule has 12 rings (SSSR count). The predicted octanol–water partition coefficient (Wildman–Crippen LogP) is 12.4. The molecule has 0 spiro atoms. The van der Waals surface area contributed by atoms with Gasteiger partial charge >= 0.3 is 0 Å². The summed E-state index contributed by atoms with van der Waals surface area (Å²) in [5.74, 6) is 0. The van der Waals surface area contributed by atoms with Crippen molar-refractivity contribution in [1.82, 2.24) is 14.1 Å². The van der Waals surface area contributed by atoms with Gasteiger partial charge in [-0.15, -0.1) is 0 Å². The number of fused-ring (bicyclic) bond motifs is 14. The van der Waals surface area contributed by atoms with Gasteiger partial charge in [-0.1, -0.05) is 115 Å². The molecule has 3 aromatic heterocycles. The largest absolute Gasteiger partial charge is 0.308 e. The lowest BCUT2D eigenvalue weighted by Gasteiger charge is -2.14. The summed E-state index contributed by atoms with van der Waals surface area (Å²) < 4.78 is 4.95. The van der Waals surface area contributed by atoms with Crippen molar-refractivity contribution in [3.63, 3.8) is 0 Å². The summed E-state index contributed by atoms with van der Waals surface area (Å²) >= 11 is 0. The van der Waals surface area contributed by atoms with Crippen LogP contribution in [0.2, 0.25) is 0 Å². The highest BCUT2D eigenvalue weighted by atomic mass is 15.0. The Kier molecular flexibility index (Phi) is 4.97. The molecule has 0 unspecified atom stereocenters. The molecule has 230 valence electrons. The third-order valence-corrected chi connectivity index (χ3v) is 11.0. The molecule has 0 fully saturated rings. The highest BCUT2D eigenvalue weighted by molar-refractivity contribution is 6.36. The molecule has 1 aliphatic carbocycles. The molecule has 0 bridgehead atoms. The number of hydrogen-bond donors (Lipinski definition) is 0. The van der Waals surface area contributed by atoms with Crippen LogP contribution in [0.4, 0.5) is 0 Å². The first kappa shape index (κ1) is 26.3. The lowest BCUT2D eigenvalue weighted by Crippen LogP contribution is -1.98. The fraction of sp³-hybridized carbons (Fsp3) is 0. The van der Waals surface area contributed by atoms with Crippen LogP contribution in [0.15, 0.2) is 164 Å². The number of rotatable bonds is 2. The van der Waals surface area contributed by atoms with Crippen molar-refractivity contribution in [3.8, 4) is 33.6 Å². The van der Waals surface area contributed by atoms with Crippen LogP contribution in [0.3, 0.4) is 0 Å². The molecule has 0 aliphatic heterocycles. The van der Waals surface area contributed by atoms with Crippen LogP contribution < -0.4 is 0 Å². The zero-order valence-corrected chi connectivity index (χ0v) is 26.9. The molecule has 0 N–H and O–H groups in total. The number of para-hydroxylation sites is 2. The van der Waals surface area contributed by atoms with Crippen LogP contribution in [0.5, 0.6) is 0 Å². The topological polar surface area (TPSA) is 22.8 Å². The molecular weight excluding hydrogens is 607 g/mol. The van der Waals surface area contributed by atoms with E-state index in [0.717, 1.165) is 27.8 Å². The highest BCUT2D eigenvalue weighted by Gasteiger charge is 2.26. The van der Waals surface area contributed by atoms with Gasteiger partial charge in [0.05, 0.1) is 27.6 Å². The lowest BCUT2D eigenvalue weighted by molar-refractivity contribution is 1.18.